The fourth-order valence-electron chi connectivity index (χ4n) is 4.27. The Kier molecular flexibility index (Phi) is 3.77. The molecule has 0 aliphatic heterocycles. The first kappa shape index (κ1) is 17.6. The van der Waals surface area contributed by atoms with Crippen LogP contribution in [-0.2, 0) is 0 Å². The number of rotatable bonds is 2. The van der Waals surface area contributed by atoms with Crippen LogP contribution in [0.3, 0.4) is 0 Å². The molecule has 0 heterocycles. The monoisotopic (exact) mass is 402 g/mol. The predicted octanol–water partition coefficient (Wildman–Crippen LogP) is 7.50. The fourth-order valence-corrected chi connectivity index (χ4v) is 4.27. The minimum Gasteiger partial charge on any atom is -0.504 e. The molecule has 0 amide bonds. The fraction of sp³-hybridized carbons (Fsp3) is 0. The molecule has 31 heavy (non-hydrogen) atoms. The zero-order valence-corrected chi connectivity index (χ0v) is 16.5. The molecule has 0 unspecified atom stereocenters. The smallest absolute Gasteiger partial charge is 0.177 e. The Morgan fingerprint density at radius 1 is 0.419 bits per heavy atom. The van der Waals surface area contributed by atoms with Crippen molar-refractivity contribution in [2.75, 3.05) is 0 Å². The summed E-state index contributed by atoms with van der Waals surface area (Å²) < 4.78 is 6.26. The molecular weight excluding hydrogens is 384 g/mol. The lowest BCUT2D eigenvalue weighted by atomic mass is 10.0. The van der Waals surface area contributed by atoms with Gasteiger partial charge in [-0.25, -0.2) is 0 Å². The number of ether oxygens (including phenoxy) is 1. The number of benzene rings is 6. The van der Waals surface area contributed by atoms with Gasteiger partial charge in [0.2, 0.25) is 0 Å². The quantitative estimate of drug-likeness (QED) is 0.295. The van der Waals surface area contributed by atoms with Gasteiger partial charge in [-0.15, -0.1) is 0 Å². The lowest BCUT2D eigenvalue weighted by molar-refractivity contribution is 0.392. The van der Waals surface area contributed by atoms with Crippen LogP contribution in [0.25, 0.3) is 43.1 Å². The van der Waals surface area contributed by atoms with Gasteiger partial charge in [0.25, 0.3) is 0 Å². The van der Waals surface area contributed by atoms with Crippen LogP contribution in [0.5, 0.6) is 23.0 Å². The summed E-state index contributed by atoms with van der Waals surface area (Å²) in [6.07, 6.45) is 0. The van der Waals surface area contributed by atoms with E-state index in [1.807, 2.05) is 60.7 Å². The number of aromatic hydroxyl groups is 2. The van der Waals surface area contributed by atoms with Crippen LogP contribution < -0.4 is 4.74 Å². The molecule has 0 atom stereocenters. The summed E-state index contributed by atoms with van der Waals surface area (Å²) in [5, 5.41) is 29.2. The van der Waals surface area contributed by atoms with Crippen molar-refractivity contribution >= 4 is 43.1 Å². The van der Waals surface area contributed by atoms with Gasteiger partial charge in [-0.1, -0.05) is 60.7 Å². The maximum atomic E-state index is 10.7. The number of hydrogen-bond donors (Lipinski definition) is 2. The number of fused-ring (bicyclic) bond motifs is 4. The molecule has 0 radical (unpaired) electrons. The molecule has 6 aromatic carbocycles. The first-order valence-corrected chi connectivity index (χ1v) is 10.1. The van der Waals surface area contributed by atoms with Crippen molar-refractivity contribution in [1.29, 1.82) is 0 Å². The Balaban J connectivity index is 1.61. The van der Waals surface area contributed by atoms with Gasteiger partial charge in [-0.05, 0) is 68.7 Å². The SMILES string of the molecule is Oc1ccc2cc3ccccc3cc2c1Oc1c(O)ccc2cc3ccccc3cc12. The van der Waals surface area contributed by atoms with Gasteiger partial charge in [0.05, 0.1) is 0 Å². The highest BCUT2D eigenvalue weighted by molar-refractivity contribution is 6.04. The molecule has 0 fully saturated rings. The highest BCUT2D eigenvalue weighted by atomic mass is 16.5. The van der Waals surface area contributed by atoms with Gasteiger partial charge < -0.3 is 14.9 Å². The van der Waals surface area contributed by atoms with Crippen molar-refractivity contribution in [2.45, 2.75) is 0 Å². The number of phenolic OH excluding ortho intramolecular Hbond substituents is 2. The Morgan fingerprint density at radius 2 is 0.806 bits per heavy atom. The summed E-state index contributed by atoms with van der Waals surface area (Å²) in [4.78, 5) is 0. The third-order valence-electron chi connectivity index (χ3n) is 5.84. The van der Waals surface area contributed by atoms with Gasteiger partial charge in [0, 0.05) is 10.8 Å². The first-order chi connectivity index (χ1) is 15.2. The van der Waals surface area contributed by atoms with Crippen molar-refractivity contribution in [3.8, 4) is 23.0 Å². The number of hydrogen-bond acceptors (Lipinski definition) is 3. The standard InChI is InChI=1S/C28H18O3/c29-25-11-9-21-13-17-5-1-3-7-19(17)15-23(21)27(25)31-28-24-16-20-8-4-2-6-18(20)14-22(24)10-12-26(28)30/h1-16,29-30H. The molecule has 3 nitrogen and oxygen atoms in total. The van der Waals surface area contributed by atoms with Crippen LogP contribution in [0.1, 0.15) is 0 Å². The maximum absolute atomic E-state index is 10.7. The summed E-state index contributed by atoms with van der Waals surface area (Å²) in [5.74, 6) is 0.721. The third-order valence-corrected chi connectivity index (χ3v) is 5.84. The first-order valence-electron chi connectivity index (χ1n) is 10.1. The molecule has 3 heteroatoms. The Bertz CT molecular complexity index is 1510. The second-order valence-electron chi connectivity index (χ2n) is 7.77. The van der Waals surface area contributed by atoms with Crippen molar-refractivity contribution < 1.29 is 14.9 Å². The van der Waals surface area contributed by atoms with E-state index >= 15 is 0 Å². The van der Waals surface area contributed by atoms with Crippen LogP contribution in [0.4, 0.5) is 0 Å². The predicted molar refractivity (Wildman–Crippen MR) is 126 cm³/mol. The van der Waals surface area contributed by atoms with Crippen LogP contribution >= 0.6 is 0 Å². The summed E-state index contributed by atoms with van der Waals surface area (Å²) >= 11 is 0. The molecule has 0 aromatic heterocycles. The van der Waals surface area contributed by atoms with Crippen molar-refractivity contribution in [3.05, 3.63) is 97.1 Å². The van der Waals surface area contributed by atoms with Crippen molar-refractivity contribution in [1.82, 2.24) is 0 Å². The van der Waals surface area contributed by atoms with E-state index in [9.17, 15) is 10.2 Å². The van der Waals surface area contributed by atoms with Gasteiger partial charge in [0.1, 0.15) is 0 Å². The average Bonchev–Trinajstić information content (AvgIpc) is 2.80. The normalized spacial score (nSPS) is 11.5. The van der Waals surface area contributed by atoms with Gasteiger partial charge >= 0.3 is 0 Å². The average molecular weight is 402 g/mol. The van der Waals surface area contributed by atoms with E-state index < -0.39 is 0 Å². The maximum Gasteiger partial charge on any atom is 0.177 e. The minimum atomic E-state index is 0.0278. The van der Waals surface area contributed by atoms with Gasteiger partial charge in [0.15, 0.2) is 23.0 Å². The molecular formula is C28H18O3. The second kappa shape index (κ2) is 6.64. The Labute approximate surface area is 178 Å². The van der Waals surface area contributed by atoms with E-state index in [0.29, 0.717) is 11.5 Å². The third kappa shape index (κ3) is 2.82. The highest BCUT2D eigenvalue weighted by Gasteiger charge is 2.16. The topological polar surface area (TPSA) is 49.7 Å². The summed E-state index contributed by atoms with van der Waals surface area (Å²) in [6, 6.07) is 31.3. The largest absolute Gasteiger partial charge is 0.504 e. The van der Waals surface area contributed by atoms with E-state index in [1.165, 1.54) is 0 Å². The molecule has 0 aliphatic carbocycles. The zero-order valence-electron chi connectivity index (χ0n) is 16.5. The summed E-state index contributed by atoms with van der Waals surface area (Å²) in [5.41, 5.74) is 0. The van der Waals surface area contributed by atoms with E-state index in [1.54, 1.807) is 12.1 Å². The molecule has 0 saturated heterocycles. The molecule has 0 spiro atoms. The van der Waals surface area contributed by atoms with Crippen molar-refractivity contribution in [2.24, 2.45) is 0 Å². The van der Waals surface area contributed by atoms with Crippen LogP contribution in [0.15, 0.2) is 97.1 Å². The molecule has 148 valence electrons. The minimum absolute atomic E-state index is 0.0278. The van der Waals surface area contributed by atoms with Crippen LogP contribution in [0.2, 0.25) is 0 Å². The van der Waals surface area contributed by atoms with E-state index in [0.717, 1.165) is 43.1 Å². The van der Waals surface area contributed by atoms with Crippen molar-refractivity contribution in [3.63, 3.8) is 0 Å². The van der Waals surface area contributed by atoms with E-state index in [4.69, 9.17) is 4.74 Å². The molecule has 0 aliphatic rings. The molecule has 0 saturated carbocycles. The molecule has 0 bridgehead atoms. The Hall–Kier alpha value is -4.24. The summed E-state index contributed by atoms with van der Waals surface area (Å²) in [7, 11) is 0. The molecule has 2 N–H and O–H groups in total. The second-order valence-corrected chi connectivity index (χ2v) is 7.77. The molecule has 6 aromatic rings. The van der Waals surface area contributed by atoms with Crippen LogP contribution in [0, 0.1) is 0 Å². The van der Waals surface area contributed by atoms with E-state index in [-0.39, 0.29) is 11.5 Å². The summed E-state index contributed by atoms with van der Waals surface area (Å²) in [6.45, 7) is 0. The van der Waals surface area contributed by atoms with E-state index in [2.05, 4.69) is 24.3 Å². The number of phenols is 2. The lowest BCUT2D eigenvalue weighted by Crippen LogP contribution is -1.90. The highest BCUT2D eigenvalue weighted by Crippen LogP contribution is 2.45. The van der Waals surface area contributed by atoms with Crippen LogP contribution in [-0.4, -0.2) is 10.2 Å². The zero-order chi connectivity index (χ0) is 20.9. The molecule has 6 rings (SSSR count). The Morgan fingerprint density at radius 3 is 1.23 bits per heavy atom. The van der Waals surface area contributed by atoms with Gasteiger partial charge in [-0.2, -0.15) is 0 Å². The van der Waals surface area contributed by atoms with Gasteiger partial charge in [-0.3, -0.25) is 0 Å². The lowest BCUT2D eigenvalue weighted by Gasteiger charge is -2.15.